The van der Waals surface area contributed by atoms with E-state index in [9.17, 15) is 14.4 Å². The van der Waals surface area contributed by atoms with E-state index in [0.717, 1.165) is 116 Å². The third-order valence-electron chi connectivity index (χ3n) is 10.9. The Bertz CT molecular complexity index is 1300. The molecule has 0 rings (SSSR count). The number of carbonyl (C=O) groups is 3. The molecule has 64 heavy (non-hydrogen) atoms. The molecule has 0 aromatic rings. The van der Waals surface area contributed by atoms with E-state index < -0.39 is 6.10 Å². The summed E-state index contributed by atoms with van der Waals surface area (Å²) in [6, 6.07) is 0. The van der Waals surface area contributed by atoms with Crippen molar-refractivity contribution in [1.29, 1.82) is 0 Å². The molecule has 0 heterocycles. The molecule has 6 nitrogen and oxygen atoms in total. The van der Waals surface area contributed by atoms with Crippen molar-refractivity contribution in [2.75, 3.05) is 13.2 Å². The van der Waals surface area contributed by atoms with Gasteiger partial charge in [-0.2, -0.15) is 0 Å². The number of hydrogen-bond acceptors (Lipinski definition) is 6. The van der Waals surface area contributed by atoms with E-state index in [0.29, 0.717) is 12.8 Å². The van der Waals surface area contributed by atoms with Gasteiger partial charge in [0.15, 0.2) is 6.10 Å². The van der Waals surface area contributed by atoms with Crippen LogP contribution in [0.1, 0.15) is 233 Å². The van der Waals surface area contributed by atoms with Crippen molar-refractivity contribution < 1.29 is 28.6 Å². The second kappa shape index (κ2) is 52.0. The van der Waals surface area contributed by atoms with Gasteiger partial charge in [0, 0.05) is 19.3 Å². The van der Waals surface area contributed by atoms with Crippen molar-refractivity contribution in [2.45, 2.75) is 239 Å². The Morgan fingerprint density at radius 1 is 0.344 bits per heavy atom. The number of allylic oxidation sites excluding steroid dienone is 16. The fraction of sp³-hybridized carbons (Fsp3) is 0.672. The summed E-state index contributed by atoms with van der Waals surface area (Å²) in [6.07, 6.45) is 68.2. The average molecular weight is 889 g/mol. The summed E-state index contributed by atoms with van der Waals surface area (Å²) < 4.78 is 16.8. The first-order valence-corrected chi connectivity index (χ1v) is 26.3. The molecule has 0 saturated heterocycles. The summed E-state index contributed by atoms with van der Waals surface area (Å²) in [5.41, 5.74) is 0. The van der Waals surface area contributed by atoms with E-state index in [1.54, 1.807) is 0 Å². The van der Waals surface area contributed by atoms with Gasteiger partial charge in [0.2, 0.25) is 0 Å². The Labute approximate surface area is 394 Å². The minimum absolute atomic E-state index is 0.100. The Kier molecular flexibility index (Phi) is 49.0. The maximum atomic E-state index is 12.8. The number of ether oxygens (including phenoxy) is 3. The molecule has 0 aliphatic carbocycles. The van der Waals surface area contributed by atoms with Gasteiger partial charge >= 0.3 is 17.9 Å². The lowest BCUT2D eigenvalue weighted by atomic mass is 10.1. The van der Waals surface area contributed by atoms with E-state index in [-0.39, 0.29) is 37.5 Å². The first-order valence-electron chi connectivity index (χ1n) is 26.3. The van der Waals surface area contributed by atoms with Gasteiger partial charge in [0.25, 0.3) is 0 Å². The summed E-state index contributed by atoms with van der Waals surface area (Å²) in [5, 5.41) is 0. The molecule has 1 atom stereocenters. The number of hydrogen-bond donors (Lipinski definition) is 0. The molecule has 0 aromatic heterocycles. The van der Waals surface area contributed by atoms with Crippen molar-refractivity contribution >= 4 is 17.9 Å². The van der Waals surface area contributed by atoms with Crippen molar-refractivity contribution in [1.82, 2.24) is 0 Å². The Balaban J connectivity index is 4.47. The smallest absolute Gasteiger partial charge is 0.306 e. The molecule has 0 bridgehead atoms. The summed E-state index contributed by atoms with van der Waals surface area (Å²) in [4.78, 5) is 38.0. The van der Waals surface area contributed by atoms with Crippen LogP contribution in [0.2, 0.25) is 0 Å². The number of unbranched alkanes of at least 4 members (excludes halogenated alkanes) is 21. The van der Waals surface area contributed by atoms with Crippen LogP contribution in [-0.2, 0) is 28.6 Å². The normalized spacial score (nSPS) is 12.9. The molecule has 0 radical (unpaired) electrons. The fourth-order valence-corrected chi connectivity index (χ4v) is 6.96. The predicted molar refractivity (Wildman–Crippen MR) is 274 cm³/mol. The Hall–Kier alpha value is -3.67. The summed E-state index contributed by atoms with van der Waals surface area (Å²) in [7, 11) is 0. The fourth-order valence-electron chi connectivity index (χ4n) is 6.96. The minimum atomic E-state index is -0.805. The lowest BCUT2D eigenvalue weighted by Crippen LogP contribution is -2.30. The predicted octanol–water partition coefficient (Wildman–Crippen LogP) is 17.4. The highest BCUT2D eigenvalue weighted by molar-refractivity contribution is 5.71. The first kappa shape index (κ1) is 60.3. The molecule has 0 amide bonds. The third-order valence-corrected chi connectivity index (χ3v) is 10.9. The maximum absolute atomic E-state index is 12.8. The minimum Gasteiger partial charge on any atom is -0.462 e. The van der Waals surface area contributed by atoms with E-state index in [1.807, 2.05) is 0 Å². The molecular weight excluding hydrogens is 793 g/mol. The molecule has 364 valence electrons. The summed E-state index contributed by atoms with van der Waals surface area (Å²) >= 11 is 0. The lowest BCUT2D eigenvalue weighted by Gasteiger charge is -2.18. The quantitative estimate of drug-likeness (QED) is 0.0199. The molecule has 0 aliphatic heterocycles. The van der Waals surface area contributed by atoms with Crippen molar-refractivity contribution in [3.8, 4) is 0 Å². The zero-order chi connectivity index (χ0) is 46.5. The van der Waals surface area contributed by atoms with Crippen LogP contribution >= 0.6 is 0 Å². The van der Waals surface area contributed by atoms with Crippen LogP contribution in [0.15, 0.2) is 97.2 Å². The van der Waals surface area contributed by atoms with Gasteiger partial charge < -0.3 is 14.2 Å². The summed E-state index contributed by atoms with van der Waals surface area (Å²) in [6.45, 7) is 6.33. The van der Waals surface area contributed by atoms with Crippen LogP contribution in [0.4, 0.5) is 0 Å². The van der Waals surface area contributed by atoms with Crippen LogP contribution in [0.25, 0.3) is 0 Å². The SMILES string of the molecule is CC\C=C/C=C\C=C/CCCCCCCC(=O)OCC(COC(=O)CCCCCCCCC/C=C\CCCCCCCC)OC(=O)CCCCC/C=C\C/C=C\C/C=C\C/C=C\CC. The zero-order valence-electron chi connectivity index (χ0n) is 41.5. The molecule has 0 spiro atoms. The highest BCUT2D eigenvalue weighted by Crippen LogP contribution is 2.14. The third kappa shape index (κ3) is 49.3. The van der Waals surface area contributed by atoms with Crippen molar-refractivity contribution in [2.24, 2.45) is 0 Å². The van der Waals surface area contributed by atoms with Crippen molar-refractivity contribution in [3.63, 3.8) is 0 Å². The second-order valence-electron chi connectivity index (χ2n) is 17.1. The van der Waals surface area contributed by atoms with E-state index in [4.69, 9.17) is 14.2 Å². The maximum Gasteiger partial charge on any atom is 0.306 e. The second-order valence-corrected chi connectivity index (χ2v) is 17.1. The van der Waals surface area contributed by atoms with Crippen LogP contribution in [0.3, 0.4) is 0 Å². The topological polar surface area (TPSA) is 78.9 Å². The van der Waals surface area contributed by atoms with E-state index >= 15 is 0 Å². The zero-order valence-corrected chi connectivity index (χ0v) is 41.5. The van der Waals surface area contributed by atoms with Gasteiger partial charge in [-0.1, -0.05) is 208 Å². The van der Waals surface area contributed by atoms with Gasteiger partial charge in [0.1, 0.15) is 13.2 Å². The van der Waals surface area contributed by atoms with Gasteiger partial charge in [-0.3, -0.25) is 14.4 Å². The molecule has 0 N–H and O–H groups in total. The highest BCUT2D eigenvalue weighted by Gasteiger charge is 2.19. The average Bonchev–Trinajstić information content (AvgIpc) is 3.29. The van der Waals surface area contributed by atoms with Gasteiger partial charge in [0.05, 0.1) is 0 Å². The van der Waals surface area contributed by atoms with Crippen LogP contribution in [0, 0.1) is 0 Å². The van der Waals surface area contributed by atoms with Crippen LogP contribution in [0.5, 0.6) is 0 Å². The molecule has 0 aromatic carbocycles. The largest absolute Gasteiger partial charge is 0.462 e. The number of rotatable bonds is 46. The number of carbonyl (C=O) groups excluding carboxylic acids is 3. The van der Waals surface area contributed by atoms with E-state index in [2.05, 4.69) is 118 Å². The van der Waals surface area contributed by atoms with Gasteiger partial charge in [-0.25, -0.2) is 0 Å². The molecule has 6 heteroatoms. The first-order chi connectivity index (χ1) is 31.5. The van der Waals surface area contributed by atoms with E-state index in [1.165, 1.54) is 77.0 Å². The molecule has 0 saturated carbocycles. The van der Waals surface area contributed by atoms with Crippen LogP contribution in [-0.4, -0.2) is 37.2 Å². The lowest BCUT2D eigenvalue weighted by molar-refractivity contribution is -0.167. The summed E-state index contributed by atoms with van der Waals surface area (Å²) in [5.74, 6) is -0.960. The van der Waals surface area contributed by atoms with Crippen LogP contribution < -0.4 is 0 Å². The highest BCUT2D eigenvalue weighted by atomic mass is 16.6. The van der Waals surface area contributed by atoms with Gasteiger partial charge in [-0.15, -0.1) is 0 Å². The monoisotopic (exact) mass is 889 g/mol. The molecule has 0 aliphatic rings. The van der Waals surface area contributed by atoms with Crippen molar-refractivity contribution in [3.05, 3.63) is 97.2 Å². The Morgan fingerprint density at radius 2 is 0.688 bits per heavy atom. The number of esters is 3. The molecule has 0 fully saturated rings. The molecular formula is C58H96O6. The Morgan fingerprint density at radius 3 is 1.16 bits per heavy atom. The molecule has 1 unspecified atom stereocenters. The van der Waals surface area contributed by atoms with Gasteiger partial charge in [-0.05, 0) is 103 Å². The standard InChI is InChI=1S/C58H96O6/c1-4-7-10-13-16-19-22-25-27-29-31-33-36-39-42-45-48-51-57(60)63-54-55(53-62-56(59)50-47-44-41-38-35-32-24-21-18-15-12-9-6-3)64-58(61)52-49-46-43-40-37-34-30-28-26-23-20-17-14-11-8-5-2/h8-9,11-12,15,17-18,20-21,24-28,34,37,55H,4-7,10,13-14,16,19,22-23,29-33,35-36,38-54H2,1-3H3/b11-8-,12-9-,18-15-,20-17-,24-21-,27-25-,28-26-,37-34-.